The minimum atomic E-state index is -0.0481. The molecule has 0 atom stereocenters. The summed E-state index contributed by atoms with van der Waals surface area (Å²) < 4.78 is 10.0. The van der Waals surface area contributed by atoms with Crippen LogP contribution >= 0.6 is 0 Å². The van der Waals surface area contributed by atoms with Gasteiger partial charge in [0, 0.05) is 46.1 Å². The second-order valence-corrected chi connectivity index (χ2v) is 3.96. The lowest BCUT2D eigenvalue weighted by Crippen LogP contribution is -2.36. The molecule has 0 aromatic carbocycles. The van der Waals surface area contributed by atoms with E-state index in [2.05, 4.69) is 10.3 Å². The van der Waals surface area contributed by atoms with Crippen molar-refractivity contribution < 1.29 is 14.3 Å². The third-order valence-electron chi connectivity index (χ3n) is 2.68. The van der Waals surface area contributed by atoms with Crippen molar-refractivity contribution in [2.24, 2.45) is 0 Å². The molecule has 6 nitrogen and oxygen atoms in total. The number of nitrogens with zero attached hydrogens (tertiary/aromatic N) is 2. The van der Waals surface area contributed by atoms with Crippen molar-refractivity contribution in [2.45, 2.75) is 0 Å². The SMILES string of the molecule is CNc1cc(C(=O)N(CCOC)CCOC)ccn1. The molecular formula is C13H21N3O3. The molecule has 1 aromatic heterocycles. The fourth-order valence-electron chi connectivity index (χ4n) is 1.60. The van der Waals surface area contributed by atoms with E-state index < -0.39 is 0 Å². The molecule has 1 N–H and O–H groups in total. The fourth-order valence-corrected chi connectivity index (χ4v) is 1.60. The largest absolute Gasteiger partial charge is 0.383 e. The van der Waals surface area contributed by atoms with Crippen LogP contribution in [0.1, 0.15) is 10.4 Å². The maximum Gasteiger partial charge on any atom is 0.254 e. The number of amides is 1. The van der Waals surface area contributed by atoms with Gasteiger partial charge in [-0.15, -0.1) is 0 Å². The number of hydrogen-bond acceptors (Lipinski definition) is 5. The Bertz CT molecular complexity index is 390. The molecule has 0 bridgehead atoms. The molecule has 0 saturated heterocycles. The van der Waals surface area contributed by atoms with Gasteiger partial charge < -0.3 is 19.7 Å². The van der Waals surface area contributed by atoms with Crippen LogP contribution in [-0.4, -0.2) is 63.4 Å². The predicted molar refractivity (Wildman–Crippen MR) is 73.4 cm³/mol. The molecule has 106 valence electrons. The Morgan fingerprint density at radius 1 is 1.32 bits per heavy atom. The van der Waals surface area contributed by atoms with E-state index in [1.54, 1.807) is 44.5 Å². The number of anilines is 1. The Morgan fingerprint density at radius 2 is 1.95 bits per heavy atom. The van der Waals surface area contributed by atoms with Crippen LogP contribution in [0, 0.1) is 0 Å². The van der Waals surface area contributed by atoms with E-state index in [-0.39, 0.29) is 5.91 Å². The minimum Gasteiger partial charge on any atom is -0.383 e. The number of pyridine rings is 1. The summed E-state index contributed by atoms with van der Waals surface area (Å²) in [5.74, 6) is 0.622. The van der Waals surface area contributed by atoms with Gasteiger partial charge in [0.15, 0.2) is 0 Å². The summed E-state index contributed by atoms with van der Waals surface area (Å²) in [6.07, 6.45) is 1.61. The molecule has 1 heterocycles. The number of ether oxygens (including phenoxy) is 2. The van der Waals surface area contributed by atoms with Gasteiger partial charge in [0.05, 0.1) is 13.2 Å². The van der Waals surface area contributed by atoms with Crippen molar-refractivity contribution in [3.63, 3.8) is 0 Å². The van der Waals surface area contributed by atoms with Gasteiger partial charge in [-0.3, -0.25) is 4.79 Å². The molecule has 1 rings (SSSR count). The van der Waals surface area contributed by atoms with E-state index in [9.17, 15) is 4.79 Å². The lowest BCUT2D eigenvalue weighted by atomic mass is 10.2. The molecular weight excluding hydrogens is 246 g/mol. The monoisotopic (exact) mass is 267 g/mol. The topological polar surface area (TPSA) is 63.7 Å². The number of carbonyl (C=O) groups is 1. The Kier molecular flexibility index (Phi) is 6.84. The highest BCUT2D eigenvalue weighted by Gasteiger charge is 2.15. The first-order valence-corrected chi connectivity index (χ1v) is 6.14. The van der Waals surface area contributed by atoms with Gasteiger partial charge >= 0.3 is 0 Å². The number of methoxy groups -OCH3 is 2. The molecule has 0 aliphatic heterocycles. The molecule has 0 radical (unpaired) electrons. The standard InChI is InChI=1S/C13H21N3O3/c1-14-12-10-11(4-5-15-12)13(17)16(6-8-18-2)7-9-19-3/h4-5,10H,6-9H2,1-3H3,(H,14,15). The first-order chi connectivity index (χ1) is 9.22. The molecule has 0 spiro atoms. The van der Waals surface area contributed by atoms with Gasteiger partial charge in [0.25, 0.3) is 5.91 Å². The molecule has 1 amide bonds. The van der Waals surface area contributed by atoms with Crippen molar-refractivity contribution in [1.82, 2.24) is 9.88 Å². The van der Waals surface area contributed by atoms with Crippen LogP contribution in [0.4, 0.5) is 5.82 Å². The number of hydrogen-bond donors (Lipinski definition) is 1. The van der Waals surface area contributed by atoms with Crippen molar-refractivity contribution in [3.8, 4) is 0 Å². The van der Waals surface area contributed by atoms with Crippen molar-refractivity contribution in [1.29, 1.82) is 0 Å². The number of nitrogens with one attached hydrogen (secondary N) is 1. The minimum absolute atomic E-state index is 0.0481. The van der Waals surface area contributed by atoms with Crippen LogP contribution in [-0.2, 0) is 9.47 Å². The quantitative estimate of drug-likeness (QED) is 0.757. The summed E-state index contributed by atoms with van der Waals surface area (Å²) in [6.45, 7) is 2.07. The first-order valence-electron chi connectivity index (χ1n) is 6.14. The lowest BCUT2D eigenvalue weighted by molar-refractivity contribution is 0.0627. The highest BCUT2D eigenvalue weighted by Crippen LogP contribution is 2.09. The van der Waals surface area contributed by atoms with Crippen molar-refractivity contribution >= 4 is 11.7 Å². The van der Waals surface area contributed by atoms with Crippen LogP contribution < -0.4 is 5.32 Å². The fraction of sp³-hybridized carbons (Fsp3) is 0.538. The molecule has 0 aliphatic carbocycles. The molecule has 1 aromatic rings. The second kappa shape index (κ2) is 8.44. The van der Waals surface area contributed by atoms with Crippen LogP contribution in [0.15, 0.2) is 18.3 Å². The van der Waals surface area contributed by atoms with E-state index >= 15 is 0 Å². The summed E-state index contributed by atoms with van der Waals surface area (Å²) in [5.41, 5.74) is 0.603. The van der Waals surface area contributed by atoms with Gasteiger partial charge in [0.1, 0.15) is 5.82 Å². The van der Waals surface area contributed by atoms with E-state index in [0.29, 0.717) is 37.7 Å². The van der Waals surface area contributed by atoms with E-state index in [1.807, 2.05) is 0 Å². The van der Waals surface area contributed by atoms with Gasteiger partial charge in [0.2, 0.25) is 0 Å². The Labute approximate surface area is 113 Å². The summed E-state index contributed by atoms with van der Waals surface area (Å²) in [5, 5.41) is 2.92. The Hall–Kier alpha value is -1.66. The number of carbonyl (C=O) groups excluding carboxylic acids is 1. The average Bonchev–Trinajstić information content (AvgIpc) is 2.47. The Balaban J connectivity index is 2.77. The van der Waals surface area contributed by atoms with Crippen LogP contribution in [0.25, 0.3) is 0 Å². The van der Waals surface area contributed by atoms with Crippen molar-refractivity contribution in [2.75, 3.05) is 52.9 Å². The lowest BCUT2D eigenvalue weighted by Gasteiger charge is -2.22. The third-order valence-corrected chi connectivity index (χ3v) is 2.68. The number of aromatic nitrogens is 1. The maximum absolute atomic E-state index is 12.4. The second-order valence-electron chi connectivity index (χ2n) is 3.96. The zero-order chi connectivity index (χ0) is 14.1. The van der Waals surface area contributed by atoms with Crippen LogP contribution in [0.3, 0.4) is 0 Å². The molecule has 0 fully saturated rings. The van der Waals surface area contributed by atoms with Crippen molar-refractivity contribution in [3.05, 3.63) is 23.9 Å². The maximum atomic E-state index is 12.4. The van der Waals surface area contributed by atoms with Gasteiger partial charge in [-0.2, -0.15) is 0 Å². The molecule has 0 unspecified atom stereocenters. The highest BCUT2D eigenvalue weighted by molar-refractivity contribution is 5.94. The smallest absolute Gasteiger partial charge is 0.254 e. The van der Waals surface area contributed by atoms with Crippen LogP contribution in [0.5, 0.6) is 0 Å². The van der Waals surface area contributed by atoms with E-state index in [1.165, 1.54) is 0 Å². The molecule has 19 heavy (non-hydrogen) atoms. The first kappa shape index (κ1) is 15.4. The zero-order valence-electron chi connectivity index (χ0n) is 11.7. The number of rotatable bonds is 8. The van der Waals surface area contributed by atoms with Gasteiger partial charge in [-0.25, -0.2) is 4.98 Å². The predicted octanol–water partition coefficient (Wildman–Crippen LogP) is 0.858. The third kappa shape index (κ3) is 4.84. The van der Waals surface area contributed by atoms with E-state index in [4.69, 9.17) is 9.47 Å². The molecule has 6 heteroatoms. The Morgan fingerprint density at radius 3 is 2.47 bits per heavy atom. The summed E-state index contributed by atoms with van der Waals surface area (Å²) >= 11 is 0. The molecule has 0 saturated carbocycles. The van der Waals surface area contributed by atoms with Crippen LogP contribution in [0.2, 0.25) is 0 Å². The zero-order valence-corrected chi connectivity index (χ0v) is 11.7. The highest BCUT2D eigenvalue weighted by atomic mass is 16.5. The molecule has 0 aliphatic rings. The summed E-state index contributed by atoms with van der Waals surface area (Å²) in [6, 6.07) is 3.44. The summed E-state index contributed by atoms with van der Waals surface area (Å²) in [4.78, 5) is 18.2. The van der Waals surface area contributed by atoms with Gasteiger partial charge in [-0.1, -0.05) is 0 Å². The van der Waals surface area contributed by atoms with E-state index in [0.717, 1.165) is 0 Å². The summed E-state index contributed by atoms with van der Waals surface area (Å²) in [7, 11) is 5.00. The van der Waals surface area contributed by atoms with Gasteiger partial charge in [-0.05, 0) is 12.1 Å². The normalized spacial score (nSPS) is 10.3. The average molecular weight is 267 g/mol.